The highest BCUT2D eigenvalue weighted by Gasteiger charge is 2.07. The van der Waals surface area contributed by atoms with E-state index in [-0.39, 0.29) is 24.6 Å². The van der Waals surface area contributed by atoms with Crippen LogP contribution in [-0.2, 0) is 11.3 Å². The van der Waals surface area contributed by atoms with Crippen LogP contribution in [-0.4, -0.2) is 12.5 Å². The number of para-hydroxylation sites is 1. The predicted octanol–water partition coefficient (Wildman–Crippen LogP) is 3.35. The number of hydrogen-bond donors (Lipinski definition) is 2. The Hall–Kier alpha value is -1.98. The highest BCUT2D eigenvalue weighted by molar-refractivity contribution is 6.33. The molecule has 0 fully saturated rings. The third kappa shape index (κ3) is 4.51. The molecule has 21 heavy (non-hydrogen) atoms. The average molecular weight is 311 g/mol. The van der Waals surface area contributed by atoms with Gasteiger partial charge in [-0.05, 0) is 30.3 Å². The first-order valence-corrected chi connectivity index (χ1v) is 6.63. The molecule has 0 saturated heterocycles. The lowest BCUT2D eigenvalue weighted by molar-refractivity contribution is -0.115. The first-order chi connectivity index (χ1) is 10.1. The van der Waals surface area contributed by atoms with Crippen LogP contribution in [0, 0.1) is 11.6 Å². The van der Waals surface area contributed by atoms with Crippen molar-refractivity contribution < 1.29 is 13.6 Å². The maximum absolute atomic E-state index is 13.4. The van der Waals surface area contributed by atoms with E-state index in [9.17, 15) is 13.6 Å². The maximum Gasteiger partial charge on any atom is 0.238 e. The minimum Gasteiger partial charge on any atom is -0.324 e. The van der Waals surface area contributed by atoms with Gasteiger partial charge in [0.2, 0.25) is 5.91 Å². The Balaban J connectivity index is 1.85. The second-order valence-electron chi connectivity index (χ2n) is 4.37. The van der Waals surface area contributed by atoms with Gasteiger partial charge in [-0.3, -0.25) is 4.79 Å². The molecule has 0 aromatic heterocycles. The molecule has 0 spiro atoms. The summed E-state index contributed by atoms with van der Waals surface area (Å²) < 4.78 is 26.3. The van der Waals surface area contributed by atoms with Crippen LogP contribution >= 0.6 is 11.6 Å². The zero-order chi connectivity index (χ0) is 15.2. The van der Waals surface area contributed by atoms with Crippen LogP contribution in [0.3, 0.4) is 0 Å². The third-order valence-electron chi connectivity index (χ3n) is 2.76. The Kier molecular flexibility index (Phi) is 5.25. The Labute approximate surface area is 125 Å². The van der Waals surface area contributed by atoms with Gasteiger partial charge in [0.25, 0.3) is 0 Å². The van der Waals surface area contributed by atoms with Crippen LogP contribution < -0.4 is 10.6 Å². The van der Waals surface area contributed by atoms with Crippen LogP contribution in [0.5, 0.6) is 0 Å². The van der Waals surface area contributed by atoms with E-state index in [2.05, 4.69) is 10.6 Å². The summed E-state index contributed by atoms with van der Waals surface area (Å²) in [7, 11) is 0. The molecule has 110 valence electrons. The molecule has 0 radical (unpaired) electrons. The second kappa shape index (κ2) is 7.15. The molecule has 2 rings (SSSR count). The number of anilines is 1. The van der Waals surface area contributed by atoms with Crippen molar-refractivity contribution in [1.29, 1.82) is 0 Å². The molecule has 0 bridgehead atoms. The standard InChI is InChI=1S/C15H13ClF2N2O/c16-12-3-1-2-4-14(12)20-15(21)9-19-8-10-7-11(17)5-6-13(10)18/h1-7,19H,8-9H2,(H,20,21). The summed E-state index contributed by atoms with van der Waals surface area (Å²) in [6.07, 6.45) is 0. The molecule has 0 heterocycles. The zero-order valence-electron chi connectivity index (χ0n) is 11.0. The van der Waals surface area contributed by atoms with Crippen LogP contribution in [0.1, 0.15) is 5.56 Å². The zero-order valence-corrected chi connectivity index (χ0v) is 11.8. The second-order valence-corrected chi connectivity index (χ2v) is 4.77. The van der Waals surface area contributed by atoms with Gasteiger partial charge in [-0.15, -0.1) is 0 Å². The van der Waals surface area contributed by atoms with E-state index in [0.29, 0.717) is 10.7 Å². The molecule has 1 amide bonds. The smallest absolute Gasteiger partial charge is 0.238 e. The molecular weight excluding hydrogens is 298 g/mol. The topological polar surface area (TPSA) is 41.1 Å². The highest BCUT2D eigenvalue weighted by Crippen LogP contribution is 2.20. The summed E-state index contributed by atoms with van der Waals surface area (Å²) in [4.78, 5) is 11.7. The predicted molar refractivity (Wildman–Crippen MR) is 78.1 cm³/mol. The van der Waals surface area contributed by atoms with Crippen molar-refractivity contribution >= 4 is 23.2 Å². The van der Waals surface area contributed by atoms with Gasteiger partial charge in [0.15, 0.2) is 0 Å². The molecule has 0 atom stereocenters. The van der Waals surface area contributed by atoms with Gasteiger partial charge in [-0.1, -0.05) is 23.7 Å². The molecule has 6 heteroatoms. The van der Waals surface area contributed by atoms with E-state index in [4.69, 9.17) is 11.6 Å². The number of benzene rings is 2. The summed E-state index contributed by atoms with van der Waals surface area (Å²) in [6.45, 7) is 0.0146. The molecular formula is C15H13ClF2N2O. The van der Waals surface area contributed by atoms with Gasteiger partial charge in [-0.25, -0.2) is 8.78 Å². The van der Waals surface area contributed by atoms with E-state index in [1.54, 1.807) is 24.3 Å². The van der Waals surface area contributed by atoms with E-state index < -0.39 is 11.6 Å². The highest BCUT2D eigenvalue weighted by atomic mass is 35.5. The monoisotopic (exact) mass is 310 g/mol. The first-order valence-electron chi connectivity index (χ1n) is 6.25. The summed E-state index contributed by atoms with van der Waals surface area (Å²) in [5.74, 6) is -1.36. The number of halogens is 3. The number of hydrogen-bond acceptors (Lipinski definition) is 2. The molecule has 0 aliphatic rings. The quantitative estimate of drug-likeness (QED) is 0.889. The summed E-state index contributed by atoms with van der Waals surface area (Å²) in [5, 5.41) is 5.80. The Morgan fingerprint density at radius 1 is 1.14 bits per heavy atom. The number of carbonyl (C=O) groups is 1. The SMILES string of the molecule is O=C(CNCc1cc(F)ccc1F)Nc1ccccc1Cl. The first kappa shape index (κ1) is 15.4. The molecule has 0 saturated carbocycles. The molecule has 0 aliphatic carbocycles. The van der Waals surface area contributed by atoms with Crippen molar-refractivity contribution in [2.75, 3.05) is 11.9 Å². The molecule has 3 nitrogen and oxygen atoms in total. The van der Waals surface area contributed by atoms with Gasteiger partial charge in [-0.2, -0.15) is 0 Å². The molecule has 2 aromatic carbocycles. The Bertz CT molecular complexity index is 649. The van der Waals surface area contributed by atoms with E-state index in [1.807, 2.05) is 0 Å². The van der Waals surface area contributed by atoms with Crippen molar-refractivity contribution in [3.63, 3.8) is 0 Å². The van der Waals surface area contributed by atoms with Gasteiger partial charge in [0, 0.05) is 12.1 Å². The number of rotatable bonds is 5. The van der Waals surface area contributed by atoms with Gasteiger partial charge < -0.3 is 10.6 Å². The van der Waals surface area contributed by atoms with Gasteiger partial charge >= 0.3 is 0 Å². The van der Waals surface area contributed by atoms with E-state index in [1.165, 1.54) is 0 Å². The lowest BCUT2D eigenvalue weighted by atomic mass is 10.2. The number of amides is 1. The molecule has 0 aliphatic heterocycles. The Morgan fingerprint density at radius 2 is 1.90 bits per heavy atom. The largest absolute Gasteiger partial charge is 0.324 e. The van der Waals surface area contributed by atoms with Crippen LogP contribution in [0.25, 0.3) is 0 Å². The normalized spacial score (nSPS) is 10.4. The van der Waals surface area contributed by atoms with Crippen molar-refractivity contribution in [2.24, 2.45) is 0 Å². The average Bonchev–Trinajstić information content (AvgIpc) is 2.45. The van der Waals surface area contributed by atoms with Crippen LogP contribution in [0.15, 0.2) is 42.5 Å². The minimum atomic E-state index is -0.520. The van der Waals surface area contributed by atoms with Crippen LogP contribution in [0.4, 0.5) is 14.5 Å². The van der Waals surface area contributed by atoms with Crippen LogP contribution in [0.2, 0.25) is 5.02 Å². The fourth-order valence-electron chi connectivity index (χ4n) is 1.75. The fraction of sp³-hybridized carbons (Fsp3) is 0.133. The van der Waals surface area contributed by atoms with Crippen molar-refractivity contribution in [2.45, 2.75) is 6.54 Å². The van der Waals surface area contributed by atoms with Crippen molar-refractivity contribution in [1.82, 2.24) is 5.32 Å². The summed E-state index contributed by atoms with van der Waals surface area (Å²) in [5.41, 5.74) is 0.670. The summed E-state index contributed by atoms with van der Waals surface area (Å²) in [6, 6.07) is 10.0. The maximum atomic E-state index is 13.4. The molecule has 2 aromatic rings. The van der Waals surface area contributed by atoms with Gasteiger partial charge in [0.1, 0.15) is 11.6 Å². The van der Waals surface area contributed by atoms with E-state index >= 15 is 0 Å². The van der Waals surface area contributed by atoms with Crippen molar-refractivity contribution in [3.05, 3.63) is 64.7 Å². The number of nitrogens with one attached hydrogen (secondary N) is 2. The lowest BCUT2D eigenvalue weighted by Gasteiger charge is -2.08. The summed E-state index contributed by atoms with van der Waals surface area (Å²) >= 11 is 5.91. The lowest BCUT2D eigenvalue weighted by Crippen LogP contribution is -2.28. The van der Waals surface area contributed by atoms with Crippen molar-refractivity contribution in [3.8, 4) is 0 Å². The Morgan fingerprint density at radius 3 is 2.67 bits per heavy atom. The fourth-order valence-corrected chi connectivity index (χ4v) is 1.93. The molecule has 2 N–H and O–H groups in total. The minimum absolute atomic E-state index is 0.0405. The third-order valence-corrected chi connectivity index (χ3v) is 3.09. The van der Waals surface area contributed by atoms with Gasteiger partial charge in [0.05, 0.1) is 17.3 Å². The molecule has 0 unspecified atom stereocenters. The number of carbonyl (C=O) groups excluding carboxylic acids is 1. The van der Waals surface area contributed by atoms with E-state index in [0.717, 1.165) is 18.2 Å².